The van der Waals surface area contributed by atoms with Crippen LogP contribution in [0, 0.1) is 12.3 Å². The van der Waals surface area contributed by atoms with Crippen LogP contribution >= 0.6 is 43.5 Å². The summed E-state index contributed by atoms with van der Waals surface area (Å²) in [6, 6.07) is 3.17. The van der Waals surface area contributed by atoms with Crippen LogP contribution in [0.2, 0.25) is 0 Å². The van der Waals surface area contributed by atoms with Crippen molar-refractivity contribution < 1.29 is 8.42 Å². The van der Waals surface area contributed by atoms with Crippen LogP contribution in [0.1, 0.15) is 32.8 Å². The molecule has 7 heteroatoms. The molecule has 3 nitrogen and oxygen atoms in total. The SMILES string of the molecule is Cc1cc(Br)c(S(=O)(=O)NC(CCCl)C(C)(C)C)cc1Br. The molecule has 0 radical (unpaired) electrons. The Labute approximate surface area is 149 Å². The lowest BCUT2D eigenvalue weighted by Gasteiger charge is -2.31. The molecule has 1 unspecified atom stereocenters. The highest BCUT2D eigenvalue weighted by atomic mass is 79.9. The van der Waals surface area contributed by atoms with Crippen LogP contribution in [0.15, 0.2) is 26.0 Å². The minimum absolute atomic E-state index is 0.212. The molecular weight excluding hydrogens is 441 g/mol. The highest BCUT2D eigenvalue weighted by Crippen LogP contribution is 2.30. The van der Waals surface area contributed by atoms with E-state index in [9.17, 15) is 8.42 Å². The zero-order valence-electron chi connectivity index (χ0n) is 12.5. The van der Waals surface area contributed by atoms with Crippen molar-refractivity contribution >= 4 is 53.5 Å². The van der Waals surface area contributed by atoms with E-state index in [4.69, 9.17) is 11.6 Å². The van der Waals surface area contributed by atoms with Gasteiger partial charge in [0.05, 0.1) is 4.90 Å². The van der Waals surface area contributed by atoms with Gasteiger partial charge in [0, 0.05) is 20.9 Å². The molecule has 1 N–H and O–H groups in total. The van der Waals surface area contributed by atoms with Crippen molar-refractivity contribution in [2.75, 3.05) is 5.88 Å². The summed E-state index contributed by atoms with van der Waals surface area (Å²) >= 11 is 12.5. The van der Waals surface area contributed by atoms with E-state index < -0.39 is 10.0 Å². The first-order valence-corrected chi connectivity index (χ1v) is 10.1. The van der Waals surface area contributed by atoms with Crippen molar-refractivity contribution in [3.63, 3.8) is 0 Å². The third-order valence-electron chi connectivity index (χ3n) is 3.24. The maximum atomic E-state index is 12.6. The van der Waals surface area contributed by atoms with E-state index in [-0.39, 0.29) is 16.4 Å². The summed E-state index contributed by atoms with van der Waals surface area (Å²) in [6.07, 6.45) is 0.578. The molecule has 0 aliphatic carbocycles. The molecular formula is C14H20Br2ClNO2S. The zero-order chi connectivity index (χ0) is 16.4. The van der Waals surface area contributed by atoms with Crippen molar-refractivity contribution in [3.8, 4) is 0 Å². The van der Waals surface area contributed by atoms with E-state index >= 15 is 0 Å². The van der Waals surface area contributed by atoms with Crippen LogP contribution in [0.4, 0.5) is 0 Å². The molecule has 1 aromatic carbocycles. The molecule has 1 atom stereocenters. The molecule has 0 aliphatic rings. The molecule has 0 amide bonds. The Kier molecular flexibility index (Phi) is 6.75. The van der Waals surface area contributed by atoms with Crippen LogP contribution in [0.5, 0.6) is 0 Å². The van der Waals surface area contributed by atoms with Crippen LogP contribution in [-0.2, 0) is 10.0 Å². The third-order valence-corrected chi connectivity index (χ3v) is 6.75. The van der Waals surface area contributed by atoms with E-state index in [0.29, 0.717) is 16.8 Å². The molecule has 1 rings (SSSR count). The lowest BCUT2D eigenvalue weighted by Crippen LogP contribution is -2.44. The summed E-state index contributed by atoms with van der Waals surface area (Å²) in [4.78, 5) is 0.226. The molecule has 0 aliphatic heterocycles. The second kappa shape index (κ2) is 7.30. The van der Waals surface area contributed by atoms with Crippen molar-refractivity contribution in [3.05, 3.63) is 26.6 Å². The van der Waals surface area contributed by atoms with Gasteiger partial charge >= 0.3 is 0 Å². The number of hydrogen-bond donors (Lipinski definition) is 1. The van der Waals surface area contributed by atoms with Gasteiger partial charge in [-0.15, -0.1) is 11.6 Å². The largest absolute Gasteiger partial charge is 0.242 e. The lowest BCUT2D eigenvalue weighted by molar-refractivity contribution is 0.292. The normalized spacial score (nSPS) is 14.2. The Hall–Kier alpha value is 0.380. The van der Waals surface area contributed by atoms with Gasteiger partial charge in [0.1, 0.15) is 0 Å². The molecule has 0 fully saturated rings. The molecule has 120 valence electrons. The van der Waals surface area contributed by atoms with Crippen LogP contribution < -0.4 is 4.72 Å². The van der Waals surface area contributed by atoms with Gasteiger partial charge < -0.3 is 0 Å². The summed E-state index contributed by atoms with van der Waals surface area (Å²) in [5.41, 5.74) is 0.755. The number of rotatable bonds is 5. The average Bonchev–Trinajstić information content (AvgIpc) is 2.31. The fourth-order valence-electron chi connectivity index (χ4n) is 1.86. The molecule has 0 spiro atoms. The number of halogens is 3. The number of nitrogens with one attached hydrogen (secondary N) is 1. The van der Waals surface area contributed by atoms with Gasteiger partial charge in [0.2, 0.25) is 10.0 Å². The Morgan fingerprint density at radius 1 is 1.24 bits per heavy atom. The van der Waals surface area contributed by atoms with Gasteiger partial charge in [-0.2, -0.15) is 0 Å². The highest BCUT2D eigenvalue weighted by molar-refractivity contribution is 9.11. The van der Waals surface area contributed by atoms with E-state index in [2.05, 4.69) is 36.6 Å². The molecule has 21 heavy (non-hydrogen) atoms. The predicted molar refractivity (Wildman–Crippen MR) is 95.5 cm³/mol. The zero-order valence-corrected chi connectivity index (χ0v) is 17.2. The summed E-state index contributed by atoms with van der Waals surface area (Å²) in [7, 11) is -3.62. The predicted octanol–water partition coefficient (Wildman–Crippen LogP) is 4.84. The summed E-state index contributed by atoms with van der Waals surface area (Å²) < 4.78 is 29.4. The van der Waals surface area contributed by atoms with Gasteiger partial charge in [0.25, 0.3) is 0 Å². The standard InChI is InChI=1S/C14H20Br2ClNO2S/c1-9-7-11(16)12(8-10(9)15)21(19,20)18-13(5-6-17)14(2,3)4/h7-8,13,18H,5-6H2,1-4H3. The molecule has 0 saturated heterocycles. The van der Waals surface area contributed by atoms with E-state index in [0.717, 1.165) is 10.0 Å². The van der Waals surface area contributed by atoms with Crippen LogP contribution in [-0.4, -0.2) is 20.3 Å². The Bertz CT molecular complexity index is 612. The van der Waals surface area contributed by atoms with Gasteiger partial charge in [-0.25, -0.2) is 13.1 Å². The Morgan fingerprint density at radius 3 is 2.29 bits per heavy atom. The van der Waals surface area contributed by atoms with E-state index in [1.54, 1.807) is 12.1 Å². The van der Waals surface area contributed by atoms with Gasteiger partial charge in [0.15, 0.2) is 0 Å². The Balaban J connectivity index is 3.20. The number of benzene rings is 1. The van der Waals surface area contributed by atoms with E-state index in [1.807, 2.05) is 27.7 Å². The maximum Gasteiger partial charge on any atom is 0.242 e. The highest BCUT2D eigenvalue weighted by Gasteiger charge is 2.30. The van der Waals surface area contributed by atoms with Gasteiger partial charge in [-0.05, 0) is 52.4 Å². The van der Waals surface area contributed by atoms with Crippen molar-refractivity contribution in [1.29, 1.82) is 0 Å². The first kappa shape index (κ1) is 19.4. The topological polar surface area (TPSA) is 46.2 Å². The van der Waals surface area contributed by atoms with E-state index in [1.165, 1.54) is 0 Å². The number of sulfonamides is 1. The summed E-state index contributed by atoms with van der Waals surface area (Å²) in [5, 5.41) is 0. The minimum atomic E-state index is -3.62. The quantitative estimate of drug-likeness (QED) is 0.638. The van der Waals surface area contributed by atoms with Gasteiger partial charge in [-0.1, -0.05) is 36.7 Å². The monoisotopic (exact) mass is 459 g/mol. The van der Waals surface area contributed by atoms with Crippen molar-refractivity contribution in [1.82, 2.24) is 4.72 Å². The second-order valence-corrected chi connectivity index (χ2v) is 9.82. The fourth-order valence-corrected chi connectivity index (χ4v) is 5.23. The summed E-state index contributed by atoms with van der Waals surface area (Å²) in [6.45, 7) is 7.89. The average molecular weight is 462 g/mol. The summed E-state index contributed by atoms with van der Waals surface area (Å²) in [5.74, 6) is 0.406. The fraction of sp³-hybridized carbons (Fsp3) is 0.571. The van der Waals surface area contributed by atoms with Crippen molar-refractivity contribution in [2.45, 2.75) is 45.1 Å². The molecule has 1 aromatic rings. The molecule has 0 heterocycles. The maximum absolute atomic E-state index is 12.6. The number of alkyl halides is 1. The minimum Gasteiger partial charge on any atom is -0.207 e. The van der Waals surface area contributed by atoms with Crippen LogP contribution in [0.3, 0.4) is 0 Å². The molecule has 0 bridgehead atoms. The smallest absolute Gasteiger partial charge is 0.207 e. The second-order valence-electron chi connectivity index (χ2n) is 6.05. The number of aryl methyl sites for hydroxylation is 1. The third kappa shape index (κ3) is 5.20. The Morgan fingerprint density at radius 2 is 1.81 bits per heavy atom. The molecule has 0 aromatic heterocycles. The van der Waals surface area contributed by atoms with Crippen molar-refractivity contribution in [2.24, 2.45) is 5.41 Å². The number of hydrogen-bond acceptors (Lipinski definition) is 2. The van der Waals surface area contributed by atoms with Gasteiger partial charge in [-0.3, -0.25) is 0 Å². The molecule has 0 saturated carbocycles. The first-order valence-electron chi connectivity index (χ1n) is 6.53. The van der Waals surface area contributed by atoms with Crippen LogP contribution in [0.25, 0.3) is 0 Å². The lowest BCUT2D eigenvalue weighted by atomic mass is 9.86. The first-order chi connectivity index (χ1) is 9.49.